The fourth-order valence-corrected chi connectivity index (χ4v) is 4.78. The van der Waals surface area contributed by atoms with Gasteiger partial charge in [0, 0.05) is 47.9 Å². The second-order valence-electron chi connectivity index (χ2n) is 10.9. The number of pyridine rings is 1. The number of anilines is 2. The van der Waals surface area contributed by atoms with E-state index < -0.39 is 11.4 Å². The van der Waals surface area contributed by atoms with Crippen molar-refractivity contribution in [1.29, 1.82) is 0 Å². The summed E-state index contributed by atoms with van der Waals surface area (Å²) in [5.41, 5.74) is 7.08. The summed E-state index contributed by atoms with van der Waals surface area (Å²) in [5.74, 6) is 0.522. The normalized spacial score (nSPS) is 15.6. The number of nitrogens with two attached hydrogens (primary N) is 1. The lowest BCUT2D eigenvalue weighted by molar-refractivity contribution is 0.0206. The fourth-order valence-electron chi connectivity index (χ4n) is 4.78. The molecule has 3 heterocycles. The van der Waals surface area contributed by atoms with Gasteiger partial charge in [-0.2, -0.15) is 0 Å². The van der Waals surface area contributed by atoms with Crippen LogP contribution in [0.25, 0.3) is 22.0 Å². The molecule has 40 heavy (non-hydrogen) atoms. The Hall–Kier alpha value is -4.47. The van der Waals surface area contributed by atoms with Crippen LogP contribution in [0.4, 0.5) is 20.8 Å². The number of aromatic nitrogens is 3. The molecule has 0 unspecified atom stereocenters. The Bertz CT molecular complexity index is 1550. The molecule has 1 amide bonds. The van der Waals surface area contributed by atoms with Gasteiger partial charge in [-0.3, -0.25) is 0 Å². The largest absolute Gasteiger partial charge is 0.444 e. The monoisotopic (exact) mass is 544 g/mol. The van der Waals surface area contributed by atoms with E-state index in [0.717, 1.165) is 12.8 Å². The fraction of sp³-hybridized carbons (Fsp3) is 0.333. The molecule has 5 rings (SSSR count). The quantitative estimate of drug-likeness (QED) is 0.280. The van der Waals surface area contributed by atoms with Crippen LogP contribution in [0, 0.1) is 12.7 Å². The minimum atomic E-state index is -0.554. The molecule has 0 bridgehead atoms. The number of carbonyl (C=O) groups excluding carboxylic acids is 1. The molecule has 208 valence electrons. The van der Waals surface area contributed by atoms with E-state index in [1.165, 1.54) is 0 Å². The Labute approximate surface area is 232 Å². The van der Waals surface area contributed by atoms with Crippen molar-refractivity contribution in [2.24, 2.45) is 0 Å². The summed E-state index contributed by atoms with van der Waals surface area (Å²) in [5, 5.41) is 4.61. The van der Waals surface area contributed by atoms with E-state index >= 15 is 0 Å². The van der Waals surface area contributed by atoms with Gasteiger partial charge in [-0.15, -0.1) is 0 Å². The Morgan fingerprint density at radius 1 is 1.10 bits per heavy atom. The van der Waals surface area contributed by atoms with E-state index in [9.17, 15) is 9.18 Å². The van der Waals surface area contributed by atoms with Gasteiger partial charge in [-0.1, -0.05) is 24.3 Å². The number of ether oxygens (including phenoxy) is 2. The van der Waals surface area contributed by atoms with Crippen LogP contribution in [0.3, 0.4) is 0 Å². The molecular weight excluding hydrogens is 511 g/mol. The molecule has 0 spiro atoms. The number of nitrogens with zero attached hydrogens (tertiary/aromatic N) is 4. The summed E-state index contributed by atoms with van der Waals surface area (Å²) in [6.07, 6.45) is 4.64. The van der Waals surface area contributed by atoms with Crippen molar-refractivity contribution in [3.05, 3.63) is 66.2 Å². The zero-order valence-corrected chi connectivity index (χ0v) is 23.1. The molecular formula is C30H33FN6O3. The average molecular weight is 545 g/mol. The number of fused-ring (bicyclic) bond motifs is 1. The molecule has 1 aliphatic rings. The van der Waals surface area contributed by atoms with E-state index in [-0.39, 0.29) is 23.7 Å². The van der Waals surface area contributed by atoms with Crippen LogP contribution in [0.5, 0.6) is 11.6 Å². The van der Waals surface area contributed by atoms with Gasteiger partial charge in [0.2, 0.25) is 11.8 Å². The lowest BCUT2D eigenvalue weighted by atomic mass is 10.0. The Balaban J connectivity index is 1.40. The van der Waals surface area contributed by atoms with Crippen molar-refractivity contribution >= 4 is 28.5 Å². The summed E-state index contributed by atoms with van der Waals surface area (Å²) >= 11 is 0. The smallest absolute Gasteiger partial charge is 0.410 e. The van der Waals surface area contributed by atoms with Gasteiger partial charge in [0.05, 0.1) is 16.9 Å². The number of likely N-dealkylation sites (tertiary alicyclic amines) is 1. The van der Waals surface area contributed by atoms with Crippen LogP contribution in [-0.4, -0.2) is 50.7 Å². The first-order valence-corrected chi connectivity index (χ1v) is 13.3. The third-order valence-electron chi connectivity index (χ3n) is 6.68. The molecule has 1 atom stereocenters. The van der Waals surface area contributed by atoms with Crippen LogP contribution >= 0.6 is 0 Å². The van der Waals surface area contributed by atoms with Gasteiger partial charge >= 0.3 is 6.09 Å². The summed E-state index contributed by atoms with van der Waals surface area (Å²) in [6.45, 7) is 8.33. The zero-order chi connectivity index (χ0) is 28.4. The SMILES string of the molecule is Cc1c(F)c(N)c2ccccc2c1Oc1ncccc1-c1ccnc(N[C@H]2CCCN(C(=O)OC(C)(C)C)C2)n1. The molecule has 2 aromatic heterocycles. The second-order valence-corrected chi connectivity index (χ2v) is 10.9. The van der Waals surface area contributed by atoms with E-state index in [1.807, 2.05) is 39.0 Å². The molecule has 0 aliphatic carbocycles. The number of nitrogens with one attached hydrogen (secondary N) is 1. The first-order chi connectivity index (χ1) is 19.1. The summed E-state index contributed by atoms with van der Waals surface area (Å²) < 4.78 is 26.8. The van der Waals surface area contributed by atoms with Crippen molar-refractivity contribution in [1.82, 2.24) is 19.9 Å². The molecule has 9 nitrogen and oxygen atoms in total. The highest BCUT2D eigenvalue weighted by atomic mass is 19.1. The number of hydrogen-bond donors (Lipinski definition) is 2. The first-order valence-electron chi connectivity index (χ1n) is 13.3. The Morgan fingerprint density at radius 3 is 2.65 bits per heavy atom. The van der Waals surface area contributed by atoms with Gasteiger partial charge < -0.3 is 25.4 Å². The predicted octanol–water partition coefficient (Wildman–Crippen LogP) is 6.33. The number of rotatable bonds is 5. The van der Waals surface area contributed by atoms with E-state index in [2.05, 4.69) is 15.3 Å². The number of benzene rings is 2. The molecule has 2 aromatic carbocycles. The van der Waals surface area contributed by atoms with Gasteiger partial charge in [-0.05, 0) is 58.7 Å². The number of piperidine rings is 1. The number of hydrogen-bond acceptors (Lipinski definition) is 8. The number of nitrogen functional groups attached to an aromatic ring is 1. The van der Waals surface area contributed by atoms with Crippen molar-refractivity contribution in [3.63, 3.8) is 0 Å². The van der Waals surface area contributed by atoms with Crippen LogP contribution in [-0.2, 0) is 4.74 Å². The third kappa shape index (κ3) is 5.75. The highest BCUT2D eigenvalue weighted by Gasteiger charge is 2.28. The van der Waals surface area contributed by atoms with Crippen molar-refractivity contribution in [2.75, 3.05) is 24.1 Å². The van der Waals surface area contributed by atoms with Gasteiger partial charge in [0.25, 0.3) is 0 Å². The summed E-state index contributed by atoms with van der Waals surface area (Å²) in [6, 6.07) is 12.6. The van der Waals surface area contributed by atoms with E-state index in [0.29, 0.717) is 52.4 Å². The van der Waals surface area contributed by atoms with Crippen molar-refractivity contribution < 1.29 is 18.7 Å². The second kappa shape index (κ2) is 11.0. The molecule has 1 fully saturated rings. The maximum absolute atomic E-state index is 15.0. The third-order valence-corrected chi connectivity index (χ3v) is 6.68. The Morgan fingerprint density at radius 2 is 1.88 bits per heavy atom. The van der Waals surface area contributed by atoms with E-state index in [4.69, 9.17) is 20.2 Å². The van der Waals surface area contributed by atoms with Gasteiger partial charge in [-0.25, -0.2) is 24.1 Å². The minimum absolute atomic E-state index is 0.0343. The van der Waals surface area contributed by atoms with Crippen LogP contribution in [0.15, 0.2) is 54.9 Å². The molecule has 4 aromatic rings. The molecule has 1 aliphatic heterocycles. The van der Waals surface area contributed by atoms with Crippen molar-refractivity contribution in [3.8, 4) is 22.9 Å². The molecule has 10 heteroatoms. The van der Waals surface area contributed by atoms with Gasteiger partial charge in [0.15, 0.2) is 5.82 Å². The van der Waals surface area contributed by atoms with Crippen LogP contribution in [0.2, 0.25) is 0 Å². The maximum Gasteiger partial charge on any atom is 0.410 e. The topological polar surface area (TPSA) is 115 Å². The lowest BCUT2D eigenvalue weighted by Gasteiger charge is -2.34. The summed E-state index contributed by atoms with van der Waals surface area (Å²) in [7, 11) is 0. The van der Waals surface area contributed by atoms with Gasteiger partial charge in [0.1, 0.15) is 11.4 Å². The summed E-state index contributed by atoms with van der Waals surface area (Å²) in [4.78, 5) is 27.8. The maximum atomic E-state index is 15.0. The van der Waals surface area contributed by atoms with Crippen LogP contribution in [0.1, 0.15) is 39.2 Å². The predicted molar refractivity (Wildman–Crippen MR) is 153 cm³/mol. The molecule has 0 saturated carbocycles. The highest BCUT2D eigenvalue weighted by molar-refractivity contribution is 5.98. The van der Waals surface area contributed by atoms with E-state index in [1.54, 1.807) is 48.5 Å². The molecule has 0 radical (unpaired) electrons. The zero-order valence-electron chi connectivity index (χ0n) is 23.1. The Kier molecular flexibility index (Phi) is 7.42. The average Bonchev–Trinajstić information content (AvgIpc) is 2.94. The lowest BCUT2D eigenvalue weighted by Crippen LogP contribution is -2.47. The first kappa shape index (κ1) is 27.1. The number of halogens is 1. The number of carbonyl (C=O) groups is 1. The molecule has 3 N–H and O–H groups in total. The van der Waals surface area contributed by atoms with Crippen molar-refractivity contribution in [2.45, 2.75) is 52.2 Å². The molecule has 1 saturated heterocycles. The standard InChI is InChI=1S/C30H33FN6O3/c1-18-24(31)25(32)20-10-5-6-11-21(20)26(18)39-27-22(12-7-14-33-27)23-13-15-34-28(36-23)35-19-9-8-16-37(17-19)29(38)40-30(2,3)4/h5-7,10-15,19H,8-9,16-17,32H2,1-4H3,(H,34,35,36)/t19-/m0/s1. The van der Waals surface area contributed by atoms with Crippen LogP contribution < -0.4 is 15.8 Å². The number of amides is 1. The minimum Gasteiger partial charge on any atom is -0.444 e. The highest BCUT2D eigenvalue weighted by Crippen LogP contribution is 2.40.